The Hall–Kier alpha value is -1.97. The standard InChI is InChI=1S/C11H11N3O/c1-8-12-11(15)10(13-14(8)2)9-6-4-3-5-7-9/h3-7H,1-2H3. The summed E-state index contributed by atoms with van der Waals surface area (Å²) in [6.07, 6.45) is 0. The van der Waals surface area contributed by atoms with Crippen molar-refractivity contribution in [1.82, 2.24) is 14.8 Å². The van der Waals surface area contributed by atoms with Crippen LogP contribution in [0.2, 0.25) is 0 Å². The second kappa shape index (κ2) is 3.65. The van der Waals surface area contributed by atoms with Gasteiger partial charge in [-0.25, -0.2) is 0 Å². The second-order valence-electron chi connectivity index (χ2n) is 3.30. The Bertz CT molecular complexity index is 531. The van der Waals surface area contributed by atoms with E-state index in [1.807, 2.05) is 30.3 Å². The monoisotopic (exact) mass is 201 g/mol. The smallest absolute Gasteiger partial charge is 0.265 e. The molecule has 2 rings (SSSR count). The van der Waals surface area contributed by atoms with Crippen LogP contribution >= 0.6 is 0 Å². The topological polar surface area (TPSA) is 47.8 Å². The van der Waals surface area contributed by atoms with E-state index in [1.54, 1.807) is 18.7 Å². The van der Waals surface area contributed by atoms with Crippen LogP contribution in [0.1, 0.15) is 5.82 Å². The van der Waals surface area contributed by atoms with Crippen molar-refractivity contribution in [3.63, 3.8) is 0 Å². The first kappa shape index (κ1) is 9.58. The molecule has 0 atom stereocenters. The molecule has 15 heavy (non-hydrogen) atoms. The highest BCUT2D eigenvalue weighted by atomic mass is 16.1. The molecule has 0 aliphatic carbocycles. The molecule has 0 saturated heterocycles. The van der Waals surface area contributed by atoms with Gasteiger partial charge in [0.2, 0.25) is 0 Å². The van der Waals surface area contributed by atoms with Crippen molar-refractivity contribution in [2.24, 2.45) is 7.05 Å². The third-order valence-corrected chi connectivity index (χ3v) is 2.23. The molecule has 0 bridgehead atoms. The first-order valence-corrected chi connectivity index (χ1v) is 4.66. The van der Waals surface area contributed by atoms with Crippen LogP contribution in [-0.4, -0.2) is 14.8 Å². The summed E-state index contributed by atoms with van der Waals surface area (Å²) in [7, 11) is 1.77. The van der Waals surface area contributed by atoms with Gasteiger partial charge < -0.3 is 0 Å². The van der Waals surface area contributed by atoms with Gasteiger partial charge in [0.1, 0.15) is 5.82 Å². The zero-order valence-electron chi connectivity index (χ0n) is 8.64. The summed E-state index contributed by atoms with van der Waals surface area (Å²) in [5.74, 6) is 0.611. The fraction of sp³-hybridized carbons (Fsp3) is 0.182. The summed E-state index contributed by atoms with van der Waals surface area (Å²) in [6, 6.07) is 9.34. The fourth-order valence-corrected chi connectivity index (χ4v) is 1.31. The van der Waals surface area contributed by atoms with E-state index in [0.717, 1.165) is 5.56 Å². The molecule has 4 heteroatoms. The van der Waals surface area contributed by atoms with Gasteiger partial charge in [0.05, 0.1) is 0 Å². The Balaban J connectivity index is 2.65. The number of hydrogen-bond donors (Lipinski definition) is 0. The maximum Gasteiger partial charge on any atom is 0.299 e. The predicted octanol–water partition coefficient (Wildman–Crippen LogP) is 1.15. The van der Waals surface area contributed by atoms with Gasteiger partial charge in [0, 0.05) is 12.6 Å². The van der Waals surface area contributed by atoms with Crippen LogP contribution in [0, 0.1) is 6.92 Å². The molecule has 4 nitrogen and oxygen atoms in total. The van der Waals surface area contributed by atoms with Crippen molar-refractivity contribution in [2.75, 3.05) is 0 Å². The van der Waals surface area contributed by atoms with Crippen LogP contribution in [0.15, 0.2) is 35.1 Å². The largest absolute Gasteiger partial charge is 0.299 e. The van der Waals surface area contributed by atoms with E-state index in [1.165, 1.54) is 0 Å². The predicted molar refractivity (Wildman–Crippen MR) is 57.4 cm³/mol. The van der Waals surface area contributed by atoms with Crippen LogP contribution in [0.25, 0.3) is 11.3 Å². The first-order valence-electron chi connectivity index (χ1n) is 4.66. The number of rotatable bonds is 1. The van der Waals surface area contributed by atoms with Gasteiger partial charge in [0.15, 0.2) is 5.69 Å². The van der Waals surface area contributed by atoms with E-state index in [-0.39, 0.29) is 5.56 Å². The minimum absolute atomic E-state index is 0.281. The quantitative estimate of drug-likeness (QED) is 0.695. The first-order chi connectivity index (χ1) is 7.18. The summed E-state index contributed by atoms with van der Waals surface area (Å²) in [5.41, 5.74) is 0.908. The molecule has 1 aromatic carbocycles. The number of nitrogens with zero attached hydrogens (tertiary/aromatic N) is 3. The summed E-state index contributed by atoms with van der Waals surface area (Å²) in [4.78, 5) is 15.5. The van der Waals surface area contributed by atoms with Gasteiger partial charge in [-0.15, -0.1) is 0 Å². The molecule has 1 heterocycles. The van der Waals surface area contributed by atoms with Gasteiger partial charge in [-0.2, -0.15) is 10.1 Å². The summed E-state index contributed by atoms with van der Waals surface area (Å²) >= 11 is 0. The van der Waals surface area contributed by atoms with Crippen LogP contribution < -0.4 is 5.56 Å². The summed E-state index contributed by atoms with van der Waals surface area (Å²) in [5, 5.41) is 4.18. The van der Waals surface area contributed by atoms with E-state index in [9.17, 15) is 4.79 Å². The second-order valence-corrected chi connectivity index (χ2v) is 3.30. The van der Waals surface area contributed by atoms with E-state index in [2.05, 4.69) is 10.1 Å². The van der Waals surface area contributed by atoms with Crippen molar-refractivity contribution >= 4 is 0 Å². The van der Waals surface area contributed by atoms with E-state index in [4.69, 9.17) is 0 Å². The number of aromatic nitrogens is 3. The molecule has 0 N–H and O–H groups in total. The number of hydrogen-bond acceptors (Lipinski definition) is 3. The van der Waals surface area contributed by atoms with E-state index < -0.39 is 0 Å². The molecule has 0 spiro atoms. The number of benzene rings is 1. The molecule has 1 aromatic heterocycles. The lowest BCUT2D eigenvalue weighted by molar-refractivity contribution is 0.673. The molecule has 76 valence electrons. The average molecular weight is 201 g/mol. The summed E-state index contributed by atoms with van der Waals surface area (Å²) in [6.45, 7) is 1.75. The molecule has 0 amide bonds. The molecule has 0 fully saturated rings. The minimum Gasteiger partial charge on any atom is -0.265 e. The lowest BCUT2D eigenvalue weighted by Gasteiger charge is -2.04. The fourth-order valence-electron chi connectivity index (χ4n) is 1.31. The molecule has 0 radical (unpaired) electrons. The van der Waals surface area contributed by atoms with Gasteiger partial charge >= 0.3 is 0 Å². The Morgan fingerprint density at radius 3 is 2.53 bits per heavy atom. The zero-order chi connectivity index (χ0) is 10.8. The minimum atomic E-state index is -0.281. The van der Waals surface area contributed by atoms with Crippen molar-refractivity contribution < 1.29 is 0 Å². The lowest BCUT2D eigenvalue weighted by Crippen LogP contribution is -2.19. The van der Waals surface area contributed by atoms with Gasteiger partial charge in [-0.05, 0) is 6.92 Å². The van der Waals surface area contributed by atoms with Gasteiger partial charge in [0.25, 0.3) is 5.56 Å². The lowest BCUT2D eigenvalue weighted by atomic mass is 10.2. The van der Waals surface area contributed by atoms with Crippen LogP contribution in [0.4, 0.5) is 0 Å². The third-order valence-electron chi connectivity index (χ3n) is 2.23. The summed E-state index contributed by atoms with van der Waals surface area (Å²) < 4.78 is 1.60. The van der Waals surface area contributed by atoms with E-state index in [0.29, 0.717) is 11.5 Å². The Kier molecular flexibility index (Phi) is 2.33. The molecule has 0 aliphatic rings. The highest BCUT2D eigenvalue weighted by Gasteiger charge is 2.06. The maximum absolute atomic E-state index is 11.6. The van der Waals surface area contributed by atoms with E-state index >= 15 is 0 Å². The van der Waals surface area contributed by atoms with Gasteiger partial charge in [-0.3, -0.25) is 9.48 Å². The Labute approximate surface area is 87.2 Å². The average Bonchev–Trinajstić information content (AvgIpc) is 2.25. The molecule has 0 unspecified atom stereocenters. The van der Waals surface area contributed by atoms with Crippen LogP contribution in [0.5, 0.6) is 0 Å². The van der Waals surface area contributed by atoms with Crippen molar-refractivity contribution in [2.45, 2.75) is 6.92 Å². The molecular formula is C11H11N3O. The highest BCUT2D eigenvalue weighted by Crippen LogP contribution is 2.10. The normalized spacial score (nSPS) is 10.3. The van der Waals surface area contributed by atoms with Gasteiger partial charge in [-0.1, -0.05) is 30.3 Å². The van der Waals surface area contributed by atoms with Crippen molar-refractivity contribution in [1.29, 1.82) is 0 Å². The highest BCUT2D eigenvalue weighted by molar-refractivity contribution is 5.56. The van der Waals surface area contributed by atoms with Crippen molar-refractivity contribution in [3.05, 3.63) is 46.5 Å². The number of aryl methyl sites for hydroxylation is 2. The third kappa shape index (κ3) is 1.79. The van der Waals surface area contributed by atoms with Crippen LogP contribution in [0.3, 0.4) is 0 Å². The molecular weight excluding hydrogens is 190 g/mol. The molecule has 2 aromatic rings. The Morgan fingerprint density at radius 2 is 1.87 bits per heavy atom. The van der Waals surface area contributed by atoms with Crippen molar-refractivity contribution in [3.8, 4) is 11.3 Å². The molecule has 0 aliphatic heterocycles. The molecule has 0 saturated carbocycles. The SMILES string of the molecule is Cc1nc(=O)c(-c2ccccc2)nn1C. The Morgan fingerprint density at radius 1 is 1.20 bits per heavy atom. The zero-order valence-corrected chi connectivity index (χ0v) is 8.64. The van der Waals surface area contributed by atoms with Crippen LogP contribution in [-0.2, 0) is 7.05 Å². The maximum atomic E-state index is 11.6.